The number of carbonyl (C=O) groups is 1. The number of fused-ring (bicyclic) bond motifs is 5. The third kappa shape index (κ3) is 2.40. The van der Waals surface area contributed by atoms with E-state index in [1.807, 2.05) is 71.8 Å². The molecule has 1 saturated heterocycles. The quantitative estimate of drug-likeness (QED) is 0.416. The largest absolute Gasteiger partial charge is 0.468 e. The molecule has 0 radical (unpaired) electrons. The molecule has 0 spiro atoms. The van der Waals surface area contributed by atoms with Crippen LogP contribution in [-0.4, -0.2) is 17.6 Å². The number of hydroxylamine groups is 1. The van der Waals surface area contributed by atoms with Gasteiger partial charge in [-0.25, -0.2) is 5.06 Å². The van der Waals surface area contributed by atoms with Gasteiger partial charge in [-0.15, -0.1) is 0 Å². The standard InChI is InChI=1S/C27H24N2O3/c1-18-21-15-9-10-16-22(21)28-17-27(26(30)31-2)24(23(18)28)29(20-13-7-4-8-14-20)32-25(27)19-11-5-3-6-12-19/h3-16,24-25H,17H2,1-2H3/t24-,25+,27-/m0/s1. The molecule has 5 heteroatoms. The molecular formula is C27H24N2O3. The second-order valence-electron chi connectivity index (χ2n) is 8.61. The van der Waals surface area contributed by atoms with E-state index < -0.39 is 11.5 Å². The van der Waals surface area contributed by atoms with Crippen molar-refractivity contribution >= 4 is 22.6 Å². The number of aryl methyl sites for hydroxylation is 1. The number of para-hydroxylation sites is 2. The van der Waals surface area contributed by atoms with Crippen molar-refractivity contribution < 1.29 is 14.4 Å². The summed E-state index contributed by atoms with van der Waals surface area (Å²) in [6.45, 7) is 2.64. The number of rotatable bonds is 3. The van der Waals surface area contributed by atoms with Crippen molar-refractivity contribution in [3.05, 3.63) is 102 Å². The number of hydrogen-bond acceptors (Lipinski definition) is 4. The number of methoxy groups -OCH3 is 1. The Bertz CT molecular complexity index is 1320. The lowest BCUT2D eigenvalue weighted by molar-refractivity contribution is -0.157. The summed E-state index contributed by atoms with van der Waals surface area (Å²) in [6.07, 6.45) is -0.473. The number of ether oxygens (including phenoxy) is 1. The number of aromatic nitrogens is 1. The molecule has 0 amide bonds. The summed E-state index contributed by atoms with van der Waals surface area (Å²) in [5, 5.41) is 3.14. The Labute approximate surface area is 186 Å². The number of anilines is 1. The first-order valence-corrected chi connectivity index (χ1v) is 10.9. The monoisotopic (exact) mass is 424 g/mol. The first-order valence-electron chi connectivity index (χ1n) is 10.9. The molecule has 4 aromatic rings. The summed E-state index contributed by atoms with van der Waals surface area (Å²) < 4.78 is 7.76. The zero-order valence-electron chi connectivity index (χ0n) is 18.1. The SMILES string of the molecule is COC(=O)[C@@]12Cn3c(c(C)c4ccccc43)[C@@H]1N(c1ccccc1)O[C@@H]2c1ccccc1. The number of nitrogens with zero attached hydrogens (tertiary/aromatic N) is 2. The molecule has 160 valence electrons. The number of carbonyl (C=O) groups excluding carboxylic acids is 1. The lowest BCUT2D eigenvalue weighted by atomic mass is 9.74. The molecule has 6 rings (SSSR count). The van der Waals surface area contributed by atoms with Gasteiger partial charge < -0.3 is 9.30 Å². The first-order chi connectivity index (χ1) is 15.7. The van der Waals surface area contributed by atoms with E-state index in [1.54, 1.807) is 0 Å². The number of hydrogen-bond donors (Lipinski definition) is 0. The highest BCUT2D eigenvalue weighted by atomic mass is 16.7. The van der Waals surface area contributed by atoms with Crippen molar-refractivity contribution in [2.45, 2.75) is 25.6 Å². The molecule has 32 heavy (non-hydrogen) atoms. The van der Waals surface area contributed by atoms with Crippen molar-refractivity contribution in [1.29, 1.82) is 0 Å². The Morgan fingerprint density at radius 1 is 0.969 bits per heavy atom. The zero-order chi connectivity index (χ0) is 21.9. The minimum Gasteiger partial charge on any atom is -0.468 e. The van der Waals surface area contributed by atoms with Gasteiger partial charge in [0.2, 0.25) is 0 Å². The summed E-state index contributed by atoms with van der Waals surface area (Å²) in [6, 6.07) is 28.1. The van der Waals surface area contributed by atoms with Gasteiger partial charge in [-0.3, -0.25) is 9.63 Å². The van der Waals surface area contributed by atoms with E-state index in [4.69, 9.17) is 9.57 Å². The predicted octanol–water partition coefficient (Wildman–Crippen LogP) is 5.36. The van der Waals surface area contributed by atoms with Crippen LogP contribution in [0.3, 0.4) is 0 Å². The summed E-state index contributed by atoms with van der Waals surface area (Å²) in [5.74, 6) is -0.248. The summed E-state index contributed by atoms with van der Waals surface area (Å²) >= 11 is 0. The maximum Gasteiger partial charge on any atom is 0.319 e. The van der Waals surface area contributed by atoms with Gasteiger partial charge >= 0.3 is 5.97 Å². The summed E-state index contributed by atoms with van der Waals surface area (Å²) in [4.78, 5) is 20.3. The number of esters is 1. The molecule has 1 fully saturated rings. The second kappa shape index (κ2) is 6.97. The second-order valence-corrected chi connectivity index (χ2v) is 8.61. The molecule has 3 heterocycles. The normalized spacial score (nSPS) is 23.9. The summed E-state index contributed by atoms with van der Waals surface area (Å²) in [5.41, 5.74) is 4.40. The van der Waals surface area contributed by atoms with Crippen LogP contribution in [0.2, 0.25) is 0 Å². The van der Waals surface area contributed by atoms with Crippen molar-refractivity contribution in [1.82, 2.24) is 4.57 Å². The van der Waals surface area contributed by atoms with E-state index in [2.05, 4.69) is 29.7 Å². The highest BCUT2D eigenvalue weighted by Gasteiger charge is 2.67. The maximum atomic E-state index is 13.6. The van der Waals surface area contributed by atoms with E-state index in [0.29, 0.717) is 6.54 Å². The minimum atomic E-state index is -0.907. The van der Waals surface area contributed by atoms with Gasteiger partial charge in [0.15, 0.2) is 0 Å². The highest BCUT2D eigenvalue weighted by molar-refractivity contribution is 5.89. The average molecular weight is 425 g/mol. The van der Waals surface area contributed by atoms with Crippen LogP contribution in [0.15, 0.2) is 84.9 Å². The lowest BCUT2D eigenvalue weighted by Crippen LogP contribution is -2.40. The van der Waals surface area contributed by atoms with Crippen LogP contribution in [0.25, 0.3) is 10.9 Å². The lowest BCUT2D eigenvalue weighted by Gasteiger charge is -2.30. The number of benzene rings is 3. The maximum absolute atomic E-state index is 13.6. The van der Waals surface area contributed by atoms with Gasteiger partial charge in [0.05, 0.1) is 12.8 Å². The van der Waals surface area contributed by atoms with Gasteiger partial charge in [0.1, 0.15) is 17.6 Å². The van der Waals surface area contributed by atoms with E-state index in [-0.39, 0.29) is 12.0 Å². The molecule has 0 unspecified atom stereocenters. The van der Waals surface area contributed by atoms with Crippen molar-refractivity contribution in [2.24, 2.45) is 5.41 Å². The zero-order valence-corrected chi connectivity index (χ0v) is 18.1. The van der Waals surface area contributed by atoms with Gasteiger partial charge in [0, 0.05) is 23.1 Å². The molecule has 1 aromatic heterocycles. The smallest absolute Gasteiger partial charge is 0.319 e. The van der Waals surface area contributed by atoms with E-state index in [0.717, 1.165) is 22.5 Å². The first kappa shape index (κ1) is 19.1. The Kier molecular flexibility index (Phi) is 4.17. The van der Waals surface area contributed by atoms with Crippen LogP contribution in [0.4, 0.5) is 5.69 Å². The van der Waals surface area contributed by atoms with Crippen LogP contribution in [0.5, 0.6) is 0 Å². The third-order valence-electron chi connectivity index (χ3n) is 7.04. The van der Waals surface area contributed by atoms with Crippen LogP contribution in [0.1, 0.15) is 29.0 Å². The Morgan fingerprint density at radius 2 is 1.62 bits per heavy atom. The predicted molar refractivity (Wildman–Crippen MR) is 123 cm³/mol. The summed E-state index contributed by atoms with van der Waals surface area (Å²) in [7, 11) is 1.47. The van der Waals surface area contributed by atoms with Gasteiger partial charge in [-0.1, -0.05) is 66.7 Å². The van der Waals surface area contributed by atoms with Crippen molar-refractivity contribution in [3.63, 3.8) is 0 Å². The van der Waals surface area contributed by atoms with Crippen molar-refractivity contribution in [2.75, 3.05) is 12.2 Å². The Balaban J connectivity index is 1.65. The van der Waals surface area contributed by atoms with Crippen LogP contribution >= 0.6 is 0 Å². The Morgan fingerprint density at radius 3 is 2.34 bits per heavy atom. The molecule has 3 atom stereocenters. The fourth-order valence-corrected chi connectivity index (χ4v) is 5.67. The van der Waals surface area contributed by atoms with Gasteiger partial charge in [-0.05, 0) is 36.2 Å². The van der Waals surface area contributed by atoms with E-state index >= 15 is 0 Å². The average Bonchev–Trinajstić information content (AvgIpc) is 3.46. The van der Waals surface area contributed by atoms with E-state index in [1.165, 1.54) is 18.1 Å². The van der Waals surface area contributed by atoms with Crippen LogP contribution in [0, 0.1) is 12.3 Å². The fourth-order valence-electron chi connectivity index (χ4n) is 5.67. The molecule has 0 saturated carbocycles. The molecule has 5 nitrogen and oxygen atoms in total. The van der Waals surface area contributed by atoms with Gasteiger partial charge in [-0.2, -0.15) is 0 Å². The van der Waals surface area contributed by atoms with Crippen LogP contribution in [-0.2, 0) is 20.9 Å². The molecule has 2 aliphatic heterocycles. The highest BCUT2D eigenvalue weighted by Crippen LogP contribution is 2.63. The Hall–Kier alpha value is -3.57. The third-order valence-corrected chi connectivity index (χ3v) is 7.04. The molecule has 0 N–H and O–H groups in total. The molecule has 3 aromatic carbocycles. The molecule has 0 bridgehead atoms. The van der Waals surface area contributed by atoms with Crippen LogP contribution < -0.4 is 5.06 Å². The van der Waals surface area contributed by atoms with Crippen molar-refractivity contribution in [3.8, 4) is 0 Å². The minimum absolute atomic E-state index is 0.248. The molecule has 2 aliphatic rings. The fraction of sp³-hybridized carbons (Fsp3) is 0.222. The molecular weight excluding hydrogens is 400 g/mol. The topological polar surface area (TPSA) is 43.7 Å². The van der Waals surface area contributed by atoms with Gasteiger partial charge in [0.25, 0.3) is 0 Å². The molecule has 0 aliphatic carbocycles. The van der Waals surface area contributed by atoms with E-state index in [9.17, 15) is 4.79 Å².